The van der Waals surface area contributed by atoms with Gasteiger partial charge in [0.1, 0.15) is 5.92 Å². The van der Waals surface area contributed by atoms with Crippen molar-refractivity contribution in [1.82, 2.24) is 10.6 Å². The second-order valence-corrected chi connectivity index (χ2v) is 4.28. The van der Waals surface area contributed by atoms with Crippen LogP contribution < -0.4 is 22.1 Å². The first kappa shape index (κ1) is 17.8. The number of carbonyl (C=O) groups excluding carboxylic acids is 2. The molecule has 0 fully saturated rings. The number of nitrogens with one attached hydrogen (secondary N) is 2. The Labute approximate surface area is 114 Å². The van der Waals surface area contributed by atoms with Crippen LogP contribution in [0.4, 0.5) is 0 Å². The maximum atomic E-state index is 11.9. The number of hydrogen-bond donors (Lipinski definition) is 5. The minimum Gasteiger partial charge on any atom is -0.396 e. The standard InChI is InChI=1S/C12H26N4O3/c13-5-7-15-11(18)10(4-2-1-3-9-17)12(19)16-8-6-14/h10,17H,1-9,13-14H2,(H,15,18)(H,16,19). The molecule has 0 atom stereocenters. The van der Waals surface area contributed by atoms with E-state index in [0.717, 1.165) is 12.8 Å². The molecule has 0 aliphatic heterocycles. The lowest BCUT2D eigenvalue weighted by Gasteiger charge is -2.16. The van der Waals surface area contributed by atoms with Crippen LogP contribution in [-0.4, -0.2) is 49.7 Å². The summed E-state index contributed by atoms with van der Waals surface area (Å²) in [5.74, 6) is -1.32. The Kier molecular flexibility index (Phi) is 11.1. The second-order valence-electron chi connectivity index (χ2n) is 4.28. The van der Waals surface area contributed by atoms with Gasteiger partial charge in [0, 0.05) is 32.8 Å². The average molecular weight is 274 g/mol. The third-order valence-electron chi connectivity index (χ3n) is 2.67. The monoisotopic (exact) mass is 274 g/mol. The zero-order chi connectivity index (χ0) is 14.5. The highest BCUT2D eigenvalue weighted by Gasteiger charge is 2.25. The number of aliphatic hydroxyl groups excluding tert-OH is 1. The SMILES string of the molecule is NCCNC(=O)C(CCCCCO)C(=O)NCCN. The van der Waals surface area contributed by atoms with Gasteiger partial charge in [-0.2, -0.15) is 0 Å². The number of unbranched alkanes of at least 4 members (excludes halogenated alkanes) is 2. The smallest absolute Gasteiger partial charge is 0.232 e. The fourth-order valence-electron chi connectivity index (χ4n) is 1.66. The van der Waals surface area contributed by atoms with Crippen molar-refractivity contribution in [2.75, 3.05) is 32.8 Å². The van der Waals surface area contributed by atoms with Gasteiger partial charge in [0.2, 0.25) is 11.8 Å². The van der Waals surface area contributed by atoms with Crippen LogP contribution >= 0.6 is 0 Å². The molecule has 0 aromatic rings. The van der Waals surface area contributed by atoms with Crippen LogP contribution in [0.3, 0.4) is 0 Å². The molecule has 0 saturated heterocycles. The summed E-state index contributed by atoms with van der Waals surface area (Å²) in [4.78, 5) is 23.7. The number of carbonyl (C=O) groups is 2. The van der Waals surface area contributed by atoms with E-state index in [-0.39, 0.29) is 18.4 Å². The summed E-state index contributed by atoms with van der Waals surface area (Å²) in [6.45, 7) is 1.52. The molecule has 0 spiro atoms. The van der Waals surface area contributed by atoms with E-state index in [2.05, 4.69) is 10.6 Å². The Morgan fingerprint density at radius 1 is 0.947 bits per heavy atom. The van der Waals surface area contributed by atoms with E-state index in [4.69, 9.17) is 16.6 Å². The van der Waals surface area contributed by atoms with Crippen LogP contribution in [0.1, 0.15) is 25.7 Å². The van der Waals surface area contributed by atoms with E-state index >= 15 is 0 Å². The van der Waals surface area contributed by atoms with Crippen molar-refractivity contribution >= 4 is 11.8 Å². The molecule has 0 aliphatic rings. The van der Waals surface area contributed by atoms with Crippen LogP contribution in [0, 0.1) is 5.92 Å². The van der Waals surface area contributed by atoms with Gasteiger partial charge < -0.3 is 27.2 Å². The Balaban J connectivity index is 4.27. The van der Waals surface area contributed by atoms with Gasteiger partial charge in [0.25, 0.3) is 0 Å². The third kappa shape index (κ3) is 8.52. The summed E-state index contributed by atoms with van der Waals surface area (Å²) in [5.41, 5.74) is 10.6. The van der Waals surface area contributed by atoms with E-state index in [1.165, 1.54) is 0 Å². The maximum absolute atomic E-state index is 11.9. The Morgan fingerprint density at radius 2 is 1.47 bits per heavy atom. The van der Waals surface area contributed by atoms with E-state index < -0.39 is 5.92 Å². The predicted molar refractivity (Wildman–Crippen MR) is 73.2 cm³/mol. The first-order chi connectivity index (χ1) is 9.17. The lowest BCUT2D eigenvalue weighted by atomic mass is 9.99. The highest BCUT2D eigenvalue weighted by atomic mass is 16.3. The van der Waals surface area contributed by atoms with Crippen LogP contribution in [0.5, 0.6) is 0 Å². The molecule has 0 heterocycles. The lowest BCUT2D eigenvalue weighted by Crippen LogP contribution is -2.43. The van der Waals surface area contributed by atoms with E-state index in [1.807, 2.05) is 0 Å². The normalized spacial score (nSPS) is 10.5. The average Bonchev–Trinajstić information content (AvgIpc) is 2.42. The highest BCUT2D eigenvalue weighted by Crippen LogP contribution is 2.10. The van der Waals surface area contributed by atoms with Crippen molar-refractivity contribution in [3.63, 3.8) is 0 Å². The highest BCUT2D eigenvalue weighted by molar-refractivity contribution is 6.00. The fourth-order valence-corrected chi connectivity index (χ4v) is 1.66. The molecule has 0 aliphatic carbocycles. The number of aliphatic hydroxyl groups is 1. The summed E-state index contributed by atoms with van der Waals surface area (Å²) in [7, 11) is 0. The molecule has 7 nitrogen and oxygen atoms in total. The molecule has 0 saturated carbocycles. The molecule has 0 radical (unpaired) electrons. The molecule has 19 heavy (non-hydrogen) atoms. The maximum Gasteiger partial charge on any atom is 0.232 e. The molecule has 2 amide bonds. The molecule has 0 aromatic heterocycles. The van der Waals surface area contributed by atoms with Gasteiger partial charge >= 0.3 is 0 Å². The van der Waals surface area contributed by atoms with Crippen molar-refractivity contribution < 1.29 is 14.7 Å². The number of hydrogen-bond acceptors (Lipinski definition) is 5. The molecule has 0 bridgehead atoms. The molecular formula is C12H26N4O3. The van der Waals surface area contributed by atoms with Crippen molar-refractivity contribution in [1.29, 1.82) is 0 Å². The van der Waals surface area contributed by atoms with Crippen molar-refractivity contribution in [2.45, 2.75) is 25.7 Å². The molecule has 7 heteroatoms. The van der Waals surface area contributed by atoms with Gasteiger partial charge in [-0.25, -0.2) is 0 Å². The quantitative estimate of drug-likeness (QED) is 0.226. The predicted octanol–water partition coefficient (Wildman–Crippen LogP) is -1.69. The number of amides is 2. The lowest BCUT2D eigenvalue weighted by molar-refractivity contribution is -0.135. The summed E-state index contributed by atoms with van der Waals surface area (Å²) >= 11 is 0. The van der Waals surface area contributed by atoms with Crippen LogP contribution in [0.25, 0.3) is 0 Å². The molecule has 7 N–H and O–H groups in total. The first-order valence-electron chi connectivity index (χ1n) is 6.73. The Bertz CT molecular complexity index is 241. The van der Waals surface area contributed by atoms with E-state index in [1.54, 1.807) is 0 Å². The van der Waals surface area contributed by atoms with Crippen molar-refractivity contribution in [2.24, 2.45) is 17.4 Å². The first-order valence-corrected chi connectivity index (χ1v) is 6.73. The largest absolute Gasteiger partial charge is 0.396 e. The molecule has 0 unspecified atom stereocenters. The summed E-state index contributed by atoms with van der Waals surface area (Å²) < 4.78 is 0. The van der Waals surface area contributed by atoms with Gasteiger partial charge in [0.15, 0.2) is 0 Å². The van der Waals surface area contributed by atoms with Gasteiger partial charge in [-0.15, -0.1) is 0 Å². The fraction of sp³-hybridized carbons (Fsp3) is 0.833. The minimum absolute atomic E-state index is 0.128. The zero-order valence-corrected chi connectivity index (χ0v) is 11.4. The molecule has 0 aromatic carbocycles. The minimum atomic E-state index is -0.711. The number of rotatable bonds is 11. The van der Waals surface area contributed by atoms with Gasteiger partial charge in [-0.3, -0.25) is 9.59 Å². The second kappa shape index (κ2) is 11.9. The van der Waals surface area contributed by atoms with Crippen LogP contribution in [-0.2, 0) is 9.59 Å². The molecular weight excluding hydrogens is 248 g/mol. The van der Waals surface area contributed by atoms with Crippen LogP contribution in [0.2, 0.25) is 0 Å². The summed E-state index contributed by atoms with van der Waals surface area (Å²) in [6, 6.07) is 0. The zero-order valence-electron chi connectivity index (χ0n) is 11.4. The van der Waals surface area contributed by atoms with Gasteiger partial charge in [-0.1, -0.05) is 12.8 Å². The van der Waals surface area contributed by atoms with E-state index in [0.29, 0.717) is 39.0 Å². The Morgan fingerprint density at radius 3 is 1.89 bits per heavy atom. The summed E-state index contributed by atoms with van der Waals surface area (Å²) in [6.07, 6.45) is 2.66. The molecule has 0 rings (SSSR count). The number of nitrogens with two attached hydrogens (primary N) is 2. The third-order valence-corrected chi connectivity index (χ3v) is 2.67. The topological polar surface area (TPSA) is 130 Å². The van der Waals surface area contributed by atoms with Crippen LogP contribution in [0.15, 0.2) is 0 Å². The summed E-state index contributed by atoms with van der Waals surface area (Å²) in [5, 5.41) is 13.9. The van der Waals surface area contributed by atoms with E-state index in [9.17, 15) is 9.59 Å². The molecule has 112 valence electrons. The van der Waals surface area contributed by atoms with Crippen molar-refractivity contribution in [3.8, 4) is 0 Å². The Hall–Kier alpha value is -1.18. The van der Waals surface area contributed by atoms with Crippen molar-refractivity contribution in [3.05, 3.63) is 0 Å². The van der Waals surface area contributed by atoms with Gasteiger partial charge in [0.05, 0.1) is 0 Å². The van der Waals surface area contributed by atoms with Gasteiger partial charge in [-0.05, 0) is 12.8 Å².